The minimum absolute atomic E-state index is 0.163. The number of rotatable bonds is 9. The first kappa shape index (κ1) is 31.9. The van der Waals surface area contributed by atoms with Gasteiger partial charge in [0, 0.05) is 35.7 Å². The third-order valence-electron chi connectivity index (χ3n) is 11.5. The highest BCUT2D eigenvalue weighted by molar-refractivity contribution is 6.00. The number of carbonyl (C=O) groups is 4. The lowest BCUT2D eigenvalue weighted by Crippen LogP contribution is -2.51. The number of nitrogens with zero attached hydrogens (tertiary/aromatic N) is 1. The first-order chi connectivity index (χ1) is 20.9. The molecule has 0 spiro atoms. The summed E-state index contributed by atoms with van der Waals surface area (Å²) in [4.78, 5) is 49.3. The smallest absolute Gasteiger partial charge is 0.271 e. The number of benzene rings is 1. The number of hydrazone groups is 1. The van der Waals surface area contributed by atoms with E-state index in [0.29, 0.717) is 59.7 Å². The first-order valence-corrected chi connectivity index (χ1v) is 16.3. The molecule has 0 aliphatic heterocycles. The van der Waals surface area contributed by atoms with E-state index in [-0.39, 0.29) is 34.5 Å². The molecule has 4 aliphatic carbocycles. The topological polar surface area (TPSA) is 117 Å². The van der Waals surface area contributed by atoms with E-state index in [1.54, 1.807) is 38.1 Å². The maximum atomic E-state index is 12.9. The number of nitrogens with one attached hydrogen (secondary N) is 3. The molecule has 0 bridgehead atoms. The Morgan fingerprint density at radius 3 is 2.23 bits per heavy atom. The van der Waals surface area contributed by atoms with E-state index in [4.69, 9.17) is 0 Å². The van der Waals surface area contributed by atoms with E-state index >= 15 is 0 Å². The molecule has 5 rings (SSSR count). The first-order valence-electron chi connectivity index (χ1n) is 16.3. The van der Waals surface area contributed by atoms with Crippen LogP contribution in [0.2, 0.25) is 0 Å². The van der Waals surface area contributed by atoms with E-state index in [1.165, 1.54) is 24.8 Å². The van der Waals surface area contributed by atoms with Gasteiger partial charge in [-0.25, -0.2) is 5.43 Å². The van der Waals surface area contributed by atoms with Crippen LogP contribution in [0.1, 0.15) is 106 Å². The summed E-state index contributed by atoms with van der Waals surface area (Å²) < 4.78 is 0. The van der Waals surface area contributed by atoms with Gasteiger partial charge in [-0.1, -0.05) is 26.0 Å². The van der Waals surface area contributed by atoms with Crippen LogP contribution in [0.3, 0.4) is 0 Å². The van der Waals surface area contributed by atoms with Crippen molar-refractivity contribution < 1.29 is 19.2 Å². The molecule has 6 atom stereocenters. The number of amides is 3. The summed E-state index contributed by atoms with van der Waals surface area (Å²) in [5, 5.41) is 10.1. The third-order valence-corrected chi connectivity index (χ3v) is 11.5. The molecule has 44 heavy (non-hydrogen) atoms. The molecule has 3 saturated carbocycles. The Morgan fingerprint density at radius 1 is 0.864 bits per heavy atom. The molecule has 0 unspecified atom stereocenters. The predicted octanol–water partition coefficient (Wildman–Crippen LogP) is 5.75. The van der Waals surface area contributed by atoms with Crippen LogP contribution in [0, 0.1) is 34.5 Å². The highest BCUT2D eigenvalue weighted by atomic mass is 16.2. The van der Waals surface area contributed by atoms with Crippen LogP contribution in [0.4, 0.5) is 0 Å². The summed E-state index contributed by atoms with van der Waals surface area (Å²) in [5.74, 6) is 1.89. The second kappa shape index (κ2) is 12.8. The molecule has 4 aliphatic rings. The molecule has 0 heterocycles. The summed E-state index contributed by atoms with van der Waals surface area (Å²) in [6, 6.07) is 6.52. The molecule has 236 valence electrons. The SMILES string of the molecule is C=C(C)C(=O)NCCCNC(=O)c1ccc(C(=O)N/N=C2/C=C3CC[C@H]4[C@@H]5CC[C@H](C(C)=O)[C@@]5(C)CC[C@@H]4[C@@]3(C)CC2)cc1. The van der Waals surface area contributed by atoms with Gasteiger partial charge in [0.2, 0.25) is 5.91 Å². The number of Topliss-reactive ketones (excluding diaryl/α,β-unsaturated/α-hetero) is 1. The quantitative estimate of drug-likeness (QED) is 0.190. The summed E-state index contributed by atoms with van der Waals surface area (Å²) in [6.45, 7) is 12.8. The van der Waals surface area contributed by atoms with Gasteiger partial charge in [0.25, 0.3) is 11.8 Å². The molecule has 3 N–H and O–H groups in total. The van der Waals surface area contributed by atoms with Crippen molar-refractivity contribution in [2.24, 2.45) is 39.6 Å². The number of allylic oxidation sites excluding steroid dienone is 2. The summed E-state index contributed by atoms with van der Waals surface area (Å²) in [7, 11) is 0. The summed E-state index contributed by atoms with van der Waals surface area (Å²) in [6.07, 6.45) is 11.6. The van der Waals surface area contributed by atoms with E-state index in [9.17, 15) is 19.2 Å². The fraction of sp³-hybridized carbons (Fsp3) is 0.583. The summed E-state index contributed by atoms with van der Waals surface area (Å²) in [5.41, 5.74) is 6.80. The van der Waals surface area contributed by atoms with Crippen molar-refractivity contribution in [3.05, 3.63) is 59.2 Å². The Balaban J connectivity index is 1.14. The van der Waals surface area contributed by atoms with Crippen LogP contribution >= 0.6 is 0 Å². The van der Waals surface area contributed by atoms with Crippen molar-refractivity contribution in [1.82, 2.24) is 16.1 Å². The van der Waals surface area contributed by atoms with E-state index in [1.807, 2.05) is 0 Å². The van der Waals surface area contributed by atoms with E-state index < -0.39 is 0 Å². The van der Waals surface area contributed by atoms with Gasteiger partial charge < -0.3 is 10.6 Å². The van der Waals surface area contributed by atoms with Crippen LogP contribution in [0.25, 0.3) is 0 Å². The van der Waals surface area contributed by atoms with Crippen molar-refractivity contribution in [3.8, 4) is 0 Å². The Kier molecular flexibility index (Phi) is 9.28. The minimum Gasteiger partial charge on any atom is -0.352 e. The molecular weight excluding hydrogens is 552 g/mol. The van der Waals surface area contributed by atoms with Crippen molar-refractivity contribution >= 4 is 29.2 Å². The van der Waals surface area contributed by atoms with Gasteiger partial charge in [-0.3, -0.25) is 19.2 Å². The average Bonchev–Trinajstić information content (AvgIpc) is 3.37. The number of hydrogen-bond donors (Lipinski definition) is 3. The molecule has 0 aromatic heterocycles. The van der Waals surface area contributed by atoms with Crippen molar-refractivity contribution in [1.29, 1.82) is 0 Å². The van der Waals surface area contributed by atoms with E-state index in [0.717, 1.165) is 37.8 Å². The lowest BCUT2D eigenvalue weighted by molar-refractivity contribution is -0.127. The Hall–Kier alpha value is -3.55. The average molecular weight is 601 g/mol. The van der Waals surface area contributed by atoms with Crippen molar-refractivity contribution in [3.63, 3.8) is 0 Å². The monoisotopic (exact) mass is 600 g/mol. The molecule has 1 aromatic carbocycles. The molecule has 3 amide bonds. The van der Waals surface area contributed by atoms with Gasteiger partial charge in [-0.2, -0.15) is 5.10 Å². The minimum atomic E-state index is -0.305. The number of ketones is 1. The van der Waals surface area contributed by atoms with Gasteiger partial charge in [-0.05, 0) is 131 Å². The largest absolute Gasteiger partial charge is 0.352 e. The van der Waals surface area contributed by atoms with Crippen LogP contribution in [0.15, 0.2) is 53.2 Å². The third kappa shape index (κ3) is 6.18. The maximum absolute atomic E-state index is 12.9. The zero-order chi connectivity index (χ0) is 31.6. The highest BCUT2D eigenvalue weighted by Gasteiger charge is 2.59. The zero-order valence-corrected chi connectivity index (χ0v) is 26.8. The molecule has 0 radical (unpaired) electrons. The normalized spacial score (nSPS) is 31.5. The van der Waals surface area contributed by atoms with Gasteiger partial charge in [0.1, 0.15) is 5.78 Å². The fourth-order valence-corrected chi connectivity index (χ4v) is 9.03. The molecule has 1 aromatic rings. The molecule has 8 nitrogen and oxygen atoms in total. The molecule has 0 saturated heterocycles. The molecule has 8 heteroatoms. The zero-order valence-electron chi connectivity index (χ0n) is 26.8. The number of carbonyl (C=O) groups excluding carboxylic acids is 4. The van der Waals surface area contributed by atoms with Gasteiger partial charge in [0.05, 0.1) is 5.71 Å². The Bertz CT molecular complexity index is 1390. The second-order valence-electron chi connectivity index (χ2n) is 14.1. The standard InChI is InChI=1S/C36H48N4O4/c1-22(2)32(42)37-19-6-20-38-33(43)24-7-9-25(10-8-24)34(44)40-39-27-15-17-35(4)26(21-27)11-12-28-30-14-13-29(23(3)41)36(30,5)18-16-31(28)35/h7-10,21,28-31H,1,6,11-20H2,2-5H3,(H,37,42)(H,38,43)(H,40,44)/b39-27+/t28-,29+,30-,31-,35-,36+/m0/s1. The molecule has 3 fully saturated rings. The van der Waals surface area contributed by atoms with Gasteiger partial charge in [-0.15, -0.1) is 0 Å². The van der Waals surface area contributed by atoms with Crippen molar-refractivity contribution in [2.45, 2.75) is 85.5 Å². The Morgan fingerprint density at radius 2 is 1.55 bits per heavy atom. The predicted molar refractivity (Wildman–Crippen MR) is 172 cm³/mol. The van der Waals surface area contributed by atoms with Crippen LogP contribution < -0.4 is 16.1 Å². The van der Waals surface area contributed by atoms with Crippen molar-refractivity contribution in [2.75, 3.05) is 13.1 Å². The van der Waals surface area contributed by atoms with Gasteiger partial charge in [0.15, 0.2) is 0 Å². The Labute approximate surface area is 261 Å². The molecular formula is C36H48N4O4. The summed E-state index contributed by atoms with van der Waals surface area (Å²) >= 11 is 0. The van der Waals surface area contributed by atoms with Crippen LogP contribution in [0.5, 0.6) is 0 Å². The van der Waals surface area contributed by atoms with Crippen LogP contribution in [-0.2, 0) is 9.59 Å². The maximum Gasteiger partial charge on any atom is 0.271 e. The number of hydrogen-bond acceptors (Lipinski definition) is 5. The van der Waals surface area contributed by atoms with E-state index in [2.05, 4.69) is 47.7 Å². The highest BCUT2D eigenvalue weighted by Crippen LogP contribution is 2.66. The van der Waals surface area contributed by atoms with Crippen LogP contribution in [-0.4, -0.2) is 42.3 Å². The fourth-order valence-electron chi connectivity index (χ4n) is 9.03. The lowest BCUT2D eigenvalue weighted by Gasteiger charge is -2.58. The number of fused-ring (bicyclic) bond motifs is 5. The second-order valence-corrected chi connectivity index (χ2v) is 14.1. The van der Waals surface area contributed by atoms with Gasteiger partial charge >= 0.3 is 0 Å². The lowest BCUT2D eigenvalue weighted by atomic mass is 9.46.